The van der Waals surface area contributed by atoms with Gasteiger partial charge in [0.05, 0.1) is 11.4 Å². The fraction of sp³-hybridized carbons (Fsp3) is 0.211. The molecule has 0 spiro atoms. The third-order valence-corrected chi connectivity index (χ3v) is 5.01. The molecule has 0 saturated heterocycles. The highest BCUT2D eigenvalue weighted by molar-refractivity contribution is 9.10. The van der Waals surface area contributed by atoms with E-state index in [0.717, 1.165) is 51.7 Å². The first-order valence-electron chi connectivity index (χ1n) is 8.31. The summed E-state index contributed by atoms with van der Waals surface area (Å²) in [4.78, 5) is 0. The number of halogens is 1. The molecule has 3 heterocycles. The average molecular weight is 398 g/mol. The minimum Gasteiger partial charge on any atom is -0.486 e. The average Bonchev–Trinajstić information content (AvgIpc) is 3.24. The van der Waals surface area contributed by atoms with E-state index < -0.39 is 0 Å². The second kappa shape index (κ2) is 5.81. The SMILES string of the molecule is Brc1cccc(-c2nn(-c3ccc4c(c3)OCCO4)c3c2CCN3)c1. The Morgan fingerprint density at radius 3 is 2.80 bits per heavy atom. The van der Waals surface area contributed by atoms with Gasteiger partial charge in [0, 0.05) is 28.2 Å². The maximum absolute atomic E-state index is 5.72. The molecule has 2 aliphatic rings. The van der Waals surface area contributed by atoms with Gasteiger partial charge in [0.2, 0.25) is 0 Å². The molecule has 0 aliphatic carbocycles. The number of hydrogen-bond donors (Lipinski definition) is 1. The highest BCUT2D eigenvalue weighted by Crippen LogP contribution is 2.38. The number of hydrogen-bond acceptors (Lipinski definition) is 4. The molecule has 126 valence electrons. The number of ether oxygens (including phenoxy) is 2. The molecule has 0 saturated carbocycles. The Balaban J connectivity index is 1.64. The second-order valence-corrected chi connectivity index (χ2v) is 7.02. The molecule has 0 amide bonds. The summed E-state index contributed by atoms with van der Waals surface area (Å²) in [6.45, 7) is 2.10. The van der Waals surface area contributed by atoms with Crippen LogP contribution in [0.25, 0.3) is 16.9 Å². The molecule has 25 heavy (non-hydrogen) atoms. The smallest absolute Gasteiger partial charge is 0.163 e. The van der Waals surface area contributed by atoms with Crippen LogP contribution in [-0.2, 0) is 6.42 Å². The van der Waals surface area contributed by atoms with E-state index in [-0.39, 0.29) is 0 Å². The van der Waals surface area contributed by atoms with E-state index in [0.29, 0.717) is 13.2 Å². The fourth-order valence-corrected chi connectivity index (χ4v) is 3.79. The predicted molar refractivity (Wildman–Crippen MR) is 99.9 cm³/mol. The van der Waals surface area contributed by atoms with E-state index in [4.69, 9.17) is 14.6 Å². The van der Waals surface area contributed by atoms with Gasteiger partial charge in [-0.3, -0.25) is 0 Å². The molecule has 0 fully saturated rings. The summed E-state index contributed by atoms with van der Waals surface area (Å²) in [6.07, 6.45) is 0.974. The van der Waals surface area contributed by atoms with Crippen molar-refractivity contribution < 1.29 is 9.47 Å². The molecule has 3 aromatic rings. The quantitative estimate of drug-likeness (QED) is 0.708. The Hall–Kier alpha value is -2.47. The van der Waals surface area contributed by atoms with Crippen molar-refractivity contribution in [3.8, 4) is 28.4 Å². The first kappa shape index (κ1) is 14.8. The van der Waals surface area contributed by atoms with Crippen LogP contribution in [0.2, 0.25) is 0 Å². The van der Waals surface area contributed by atoms with E-state index in [9.17, 15) is 0 Å². The van der Waals surface area contributed by atoms with Crippen molar-refractivity contribution in [2.45, 2.75) is 6.42 Å². The minimum atomic E-state index is 0.579. The standard InChI is InChI=1S/C19H16BrN3O2/c20-13-3-1-2-12(10-13)18-15-6-7-21-19(15)23(22-18)14-4-5-16-17(11-14)25-9-8-24-16/h1-5,10-11,21H,6-9H2. The van der Waals surface area contributed by atoms with Gasteiger partial charge in [-0.1, -0.05) is 28.1 Å². The zero-order valence-corrected chi connectivity index (χ0v) is 15.0. The molecule has 0 bridgehead atoms. The first-order valence-corrected chi connectivity index (χ1v) is 9.10. The van der Waals surface area contributed by atoms with Crippen LogP contribution in [0.4, 0.5) is 5.82 Å². The lowest BCUT2D eigenvalue weighted by Crippen LogP contribution is -2.15. The summed E-state index contributed by atoms with van der Waals surface area (Å²) < 4.78 is 14.4. The van der Waals surface area contributed by atoms with E-state index >= 15 is 0 Å². The van der Waals surface area contributed by atoms with Gasteiger partial charge < -0.3 is 14.8 Å². The molecule has 0 radical (unpaired) electrons. The van der Waals surface area contributed by atoms with Crippen LogP contribution in [0.1, 0.15) is 5.56 Å². The normalized spacial score (nSPS) is 14.9. The zero-order chi connectivity index (χ0) is 16.8. The predicted octanol–water partition coefficient (Wildman–Crippen LogP) is 4.04. The van der Waals surface area contributed by atoms with Gasteiger partial charge in [-0.05, 0) is 30.7 Å². The highest BCUT2D eigenvalue weighted by Gasteiger charge is 2.24. The summed E-state index contributed by atoms with van der Waals surface area (Å²) in [5.74, 6) is 2.63. The van der Waals surface area contributed by atoms with Gasteiger partial charge in [0.25, 0.3) is 0 Å². The molecular weight excluding hydrogens is 382 g/mol. The van der Waals surface area contributed by atoms with Crippen molar-refractivity contribution in [1.29, 1.82) is 0 Å². The topological polar surface area (TPSA) is 48.3 Å². The molecule has 0 unspecified atom stereocenters. The highest BCUT2D eigenvalue weighted by atomic mass is 79.9. The largest absolute Gasteiger partial charge is 0.486 e. The molecule has 5 nitrogen and oxygen atoms in total. The van der Waals surface area contributed by atoms with Gasteiger partial charge in [-0.2, -0.15) is 5.10 Å². The summed E-state index contributed by atoms with van der Waals surface area (Å²) in [5, 5.41) is 8.37. The lowest BCUT2D eigenvalue weighted by Gasteiger charge is -2.19. The molecule has 0 atom stereocenters. The maximum Gasteiger partial charge on any atom is 0.163 e. The van der Waals surface area contributed by atoms with Crippen molar-refractivity contribution in [2.75, 3.05) is 25.1 Å². The third kappa shape index (κ3) is 2.48. The zero-order valence-electron chi connectivity index (χ0n) is 13.5. The Morgan fingerprint density at radius 1 is 1.04 bits per heavy atom. The van der Waals surface area contributed by atoms with Crippen molar-refractivity contribution in [1.82, 2.24) is 9.78 Å². The monoisotopic (exact) mass is 397 g/mol. The minimum absolute atomic E-state index is 0.579. The van der Waals surface area contributed by atoms with Crippen LogP contribution in [0.3, 0.4) is 0 Å². The van der Waals surface area contributed by atoms with Gasteiger partial charge >= 0.3 is 0 Å². The summed E-state index contributed by atoms with van der Waals surface area (Å²) >= 11 is 3.55. The van der Waals surface area contributed by atoms with E-state index in [1.54, 1.807) is 0 Å². The molecular formula is C19H16BrN3O2. The summed E-state index contributed by atoms with van der Waals surface area (Å²) in [6, 6.07) is 14.2. The molecule has 2 aliphatic heterocycles. The van der Waals surface area contributed by atoms with Crippen LogP contribution >= 0.6 is 15.9 Å². The number of nitrogens with zero attached hydrogens (tertiary/aromatic N) is 2. The molecule has 2 aromatic carbocycles. The molecule has 6 heteroatoms. The van der Waals surface area contributed by atoms with Gasteiger partial charge in [-0.25, -0.2) is 4.68 Å². The number of benzene rings is 2. The number of rotatable bonds is 2. The van der Waals surface area contributed by atoms with Crippen LogP contribution in [0.15, 0.2) is 46.9 Å². The van der Waals surface area contributed by atoms with Crippen molar-refractivity contribution in [3.63, 3.8) is 0 Å². The Morgan fingerprint density at radius 2 is 1.92 bits per heavy atom. The Bertz CT molecular complexity index is 967. The van der Waals surface area contributed by atoms with Gasteiger partial charge in [0.1, 0.15) is 19.0 Å². The summed E-state index contributed by atoms with van der Waals surface area (Å²) in [5.41, 5.74) is 4.37. The molecule has 5 rings (SSSR count). The first-order chi connectivity index (χ1) is 12.3. The molecule has 1 N–H and O–H groups in total. The van der Waals surface area contributed by atoms with E-state index in [2.05, 4.69) is 33.4 Å². The number of nitrogens with one attached hydrogen (secondary N) is 1. The number of fused-ring (bicyclic) bond motifs is 2. The van der Waals surface area contributed by atoms with Crippen LogP contribution in [-0.4, -0.2) is 29.5 Å². The van der Waals surface area contributed by atoms with Gasteiger partial charge in [-0.15, -0.1) is 0 Å². The van der Waals surface area contributed by atoms with Gasteiger partial charge in [0.15, 0.2) is 11.5 Å². The maximum atomic E-state index is 5.72. The molecule has 1 aromatic heterocycles. The lowest BCUT2D eigenvalue weighted by molar-refractivity contribution is 0.171. The number of aromatic nitrogens is 2. The Labute approximate surface area is 153 Å². The third-order valence-electron chi connectivity index (χ3n) is 4.52. The summed E-state index contributed by atoms with van der Waals surface area (Å²) in [7, 11) is 0. The van der Waals surface area contributed by atoms with Crippen molar-refractivity contribution >= 4 is 21.7 Å². The Kier molecular flexibility index (Phi) is 3.45. The van der Waals surface area contributed by atoms with E-state index in [1.165, 1.54) is 5.56 Å². The van der Waals surface area contributed by atoms with E-state index in [1.807, 2.05) is 35.0 Å². The van der Waals surface area contributed by atoms with Crippen molar-refractivity contribution in [2.24, 2.45) is 0 Å². The van der Waals surface area contributed by atoms with Crippen molar-refractivity contribution in [3.05, 3.63) is 52.5 Å². The lowest BCUT2D eigenvalue weighted by atomic mass is 10.1. The van der Waals surface area contributed by atoms with Crippen LogP contribution < -0.4 is 14.8 Å². The van der Waals surface area contributed by atoms with Crippen LogP contribution in [0, 0.1) is 0 Å². The second-order valence-electron chi connectivity index (χ2n) is 6.10. The fourth-order valence-electron chi connectivity index (χ4n) is 3.39. The van der Waals surface area contributed by atoms with Crippen LogP contribution in [0.5, 0.6) is 11.5 Å². The number of anilines is 1.